The molecule has 1 aromatic rings. The van der Waals surface area contributed by atoms with Crippen molar-refractivity contribution < 1.29 is 9.59 Å². The Kier molecular flexibility index (Phi) is 4.56. The average Bonchev–Trinajstić information content (AvgIpc) is 3.36. The molecule has 1 saturated carbocycles. The van der Waals surface area contributed by atoms with E-state index in [9.17, 15) is 9.59 Å². The second-order valence-electron chi connectivity index (χ2n) is 7.41. The summed E-state index contributed by atoms with van der Waals surface area (Å²) in [6.07, 6.45) is 4.12. The van der Waals surface area contributed by atoms with Crippen molar-refractivity contribution >= 4 is 11.8 Å². The van der Waals surface area contributed by atoms with Crippen molar-refractivity contribution in [2.45, 2.75) is 51.9 Å². The van der Waals surface area contributed by atoms with Crippen LogP contribution in [0, 0.1) is 12.8 Å². The third-order valence-corrected chi connectivity index (χ3v) is 5.25. The lowest BCUT2D eigenvalue weighted by Crippen LogP contribution is -2.43. The van der Waals surface area contributed by atoms with Gasteiger partial charge in [0.25, 0.3) is 5.91 Å². The van der Waals surface area contributed by atoms with Gasteiger partial charge in [-0.05, 0) is 44.6 Å². The largest absolute Gasteiger partial charge is 0.350 e. The molecule has 2 aliphatic rings. The van der Waals surface area contributed by atoms with E-state index in [2.05, 4.69) is 22.2 Å². The number of hydrogen-bond acceptors (Lipinski definition) is 4. The molecule has 1 aliphatic carbocycles. The van der Waals surface area contributed by atoms with Gasteiger partial charge in [-0.3, -0.25) is 9.59 Å². The first-order valence-electron chi connectivity index (χ1n) is 8.77. The molecule has 0 spiro atoms. The molecule has 24 heavy (non-hydrogen) atoms. The van der Waals surface area contributed by atoms with Crippen molar-refractivity contribution in [2.24, 2.45) is 5.92 Å². The molecule has 1 aromatic heterocycles. The molecular weight excluding hydrogens is 304 g/mol. The van der Waals surface area contributed by atoms with Gasteiger partial charge in [0, 0.05) is 32.0 Å². The third kappa shape index (κ3) is 3.74. The first kappa shape index (κ1) is 16.9. The number of piperidine rings is 1. The van der Waals surface area contributed by atoms with Gasteiger partial charge in [-0.1, -0.05) is 6.92 Å². The summed E-state index contributed by atoms with van der Waals surface area (Å²) in [5.41, 5.74) is 1.24. The van der Waals surface area contributed by atoms with Crippen LogP contribution in [-0.2, 0) is 10.2 Å². The molecule has 0 bridgehead atoms. The van der Waals surface area contributed by atoms with Crippen molar-refractivity contribution in [3.63, 3.8) is 0 Å². The summed E-state index contributed by atoms with van der Waals surface area (Å²) in [6, 6.07) is 1.83. The van der Waals surface area contributed by atoms with Gasteiger partial charge in [-0.25, -0.2) is 9.97 Å². The van der Waals surface area contributed by atoms with Gasteiger partial charge >= 0.3 is 0 Å². The summed E-state index contributed by atoms with van der Waals surface area (Å²) >= 11 is 0. The molecule has 1 N–H and O–H groups in total. The van der Waals surface area contributed by atoms with Gasteiger partial charge in [0.05, 0.1) is 5.69 Å². The minimum Gasteiger partial charge on any atom is -0.350 e. The molecule has 2 fully saturated rings. The van der Waals surface area contributed by atoms with E-state index in [1.807, 2.05) is 17.9 Å². The standard InChI is InChI=1S/C18H26N4O2/c1-12-20-15(17(24)19-11-14-4-5-14)10-16(21-12)18(3)6-8-22(9-7-18)13(2)23/h10,14H,4-9,11H2,1-3H3,(H,19,24). The number of carbonyl (C=O) groups excluding carboxylic acids is 2. The van der Waals surface area contributed by atoms with E-state index in [0.717, 1.165) is 38.2 Å². The monoisotopic (exact) mass is 330 g/mol. The van der Waals surface area contributed by atoms with Crippen LogP contribution in [0.1, 0.15) is 61.5 Å². The quantitative estimate of drug-likeness (QED) is 0.914. The predicted octanol–water partition coefficient (Wildman–Crippen LogP) is 1.82. The number of carbonyl (C=O) groups is 2. The van der Waals surface area contributed by atoms with Crippen LogP contribution < -0.4 is 5.32 Å². The Balaban J connectivity index is 1.75. The maximum atomic E-state index is 12.4. The molecule has 1 saturated heterocycles. The second-order valence-corrected chi connectivity index (χ2v) is 7.41. The van der Waals surface area contributed by atoms with Crippen LogP contribution in [0.15, 0.2) is 6.07 Å². The van der Waals surface area contributed by atoms with Crippen molar-refractivity contribution in [2.75, 3.05) is 19.6 Å². The van der Waals surface area contributed by atoms with E-state index in [1.165, 1.54) is 12.8 Å². The van der Waals surface area contributed by atoms with E-state index in [4.69, 9.17) is 0 Å². The first-order valence-corrected chi connectivity index (χ1v) is 8.77. The fourth-order valence-corrected chi connectivity index (χ4v) is 3.21. The van der Waals surface area contributed by atoms with Gasteiger partial charge in [-0.2, -0.15) is 0 Å². The van der Waals surface area contributed by atoms with Crippen LogP contribution in [-0.4, -0.2) is 46.3 Å². The van der Waals surface area contributed by atoms with Crippen LogP contribution in [0.4, 0.5) is 0 Å². The van der Waals surface area contributed by atoms with Gasteiger partial charge in [0.15, 0.2) is 0 Å². The van der Waals surface area contributed by atoms with Crippen molar-refractivity contribution in [3.8, 4) is 0 Å². The highest BCUT2D eigenvalue weighted by atomic mass is 16.2. The zero-order valence-electron chi connectivity index (χ0n) is 14.8. The average molecular weight is 330 g/mol. The number of amides is 2. The van der Waals surface area contributed by atoms with Gasteiger partial charge in [0.1, 0.15) is 11.5 Å². The summed E-state index contributed by atoms with van der Waals surface area (Å²) in [7, 11) is 0. The van der Waals surface area contributed by atoms with Crippen molar-refractivity contribution in [1.29, 1.82) is 0 Å². The van der Waals surface area contributed by atoms with Crippen LogP contribution in [0.25, 0.3) is 0 Å². The Morgan fingerprint density at radius 3 is 2.54 bits per heavy atom. The number of hydrogen-bond donors (Lipinski definition) is 1. The minimum atomic E-state index is -0.120. The third-order valence-electron chi connectivity index (χ3n) is 5.25. The lowest BCUT2D eigenvalue weighted by atomic mass is 9.77. The predicted molar refractivity (Wildman–Crippen MR) is 90.7 cm³/mol. The van der Waals surface area contributed by atoms with Crippen LogP contribution in [0.5, 0.6) is 0 Å². The van der Waals surface area contributed by atoms with Gasteiger partial charge in [0.2, 0.25) is 5.91 Å². The minimum absolute atomic E-state index is 0.113. The molecule has 3 rings (SSSR count). The van der Waals surface area contributed by atoms with Gasteiger partial charge in [-0.15, -0.1) is 0 Å². The van der Waals surface area contributed by atoms with E-state index in [-0.39, 0.29) is 17.2 Å². The molecule has 0 aromatic carbocycles. The fraction of sp³-hybridized carbons (Fsp3) is 0.667. The number of nitrogens with zero attached hydrogens (tertiary/aromatic N) is 3. The Labute approximate surface area is 143 Å². The second kappa shape index (κ2) is 6.49. The topological polar surface area (TPSA) is 75.2 Å². The normalized spacial score (nSPS) is 19.9. The molecule has 0 atom stereocenters. The molecule has 0 radical (unpaired) electrons. The Morgan fingerprint density at radius 2 is 1.96 bits per heavy atom. The molecule has 130 valence electrons. The number of aryl methyl sites for hydroxylation is 1. The summed E-state index contributed by atoms with van der Waals surface area (Å²) in [5.74, 6) is 1.28. The first-order chi connectivity index (χ1) is 11.4. The maximum absolute atomic E-state index is 12.4. The molecule has 2 amide bonds. The summed E-state index contributed by atoms with van der Waals surface area (Å²) < 4.78 is 0. The Bertz CT molecular complexity index is 646. The molecule has 2 heterocycles. The summed E-state index contributed by atoms with van der Waals surface area (Å²) in [4.78, 5) is 34.7. The molecular formula is C18H26N4O2. The lowest BCUT2D eigenvalue weighted by Gasteiger charge is -2.38. The molecule has 1 aliphatic heterocycles. The van der Waals surface area contributed by atoms with Crippen LogP contribution in [0.2, 0.25) is 0 Å². The molecule has 6 nitrogen and oxygen atoms in total. The molecule has 0 unspecified atom stereocenters. The highest BCUT2D eigenvalue weighted by molar-refractivity contribution is 5.92. The summed E-state index contributed by atoms with van der Waals surface area (Å²) in [6.45, 7) is 7.81. The van der Waals surface area contributed by atoms with E-state index in [1.54, 1.807) is 6.92 Å². The number of rotatable bonds is 4. The smallest absolute Gasteiger partial charge is 0.270 e. The van der Waals surface area contributed by atoms with Crippen molar-refractivity contribution in [1.82, 2.24) is 20.2 Å². The maximum Gasteiger partial charge on any atom is 0.270 e. The molecule has 6 heteroatoms. The number of nitrogens with one attached hydrogen (secondary N) is 1. The van der Waals surface area contributed by atoms with E-state index >= 15 is 0 Å². The van der Waals surface area contributed by atoms with E-state index in [0.29, 0.717) is 17.4 Å². The SMILES string of the molecule is CC(=O)N1CCC(C)(c2cc(C(=O)NCC3CC3)nc(C)n2)CC1. The van der Waals surface area contributed by atoms with Crippen LogP contribution in [0.3, 0.4) is 0 Å². The zero-order chi connectivity index (χ0) is 17.3. The summed E-state index contributed by atoms with van der Waals surface area (Å²) in [5, 5.41) is 2.97. The highest BCUT2D eigenvalue weighted by Gasteiger charge is 2.34. The Hall–Kier alpha value is -1.98. The lowest BCUT2D eigenvalue weighted by molar-refractivity contribution is -0.130. The Morgan fingerprint density at radius 1 is 1.29 bits per heavy atom. The van der Waals surface area contributed by atoms with E-state index < -0.39 is 0 Å². The van der Waals surface area contributed by atoms with Gasteiger partial charge < -0.3 is 10.2 Å². The number of aromatic nitrogens is 2. The van der Waals surface area contributed by atoms with Crippen molar-refractivity contribution in [3.05, 3.63) is 23.3 Å². The highest BCUT2D eigenvalue weighted by Crippen LogP contribution is 2.34. The fourth-order valence-electron chi connectivity index (χ4n) is 3.21. The van der Waals surface area contributed by atoms with Crippen LogP contribution >= 0.6 is 0 Å². The number of likely N-dealkylation sites (tertiary alicyclic amines) is 1. The zero-order valence-corrected chi connectivity index (χ0v) is 14.8.